The fourth-order valence-corrected chi connectivity index (χ4v) is 2.97. The fraction of sp³-hybridized carbons (Fsp3) is 0.333. The van der Waals surface area contributed by atoms with E-state index in [9.17, 15) is 13.6 Å². The van der Waals surface area contributed by atoms with E-state index in [4.69, 9.17) is 4.74 Å². The molecular formula is C18H18F2N2O2. The molecule has 2 aromatic rings. The van der Waals surface area contributed by atoms with E-state index >= 15 is 0 Å². The van der Waals surface area contributed by atoms with Gasteiger partial charge in [-0.05, 0) is 48.9 Å². The number of aryl methyl sites for hydroxylation is 2. The van der Waals surface area contributed by atoms with E-state index in [0.717, 1.165) is 31.9 Å². The van der Waals surface area contributed by atoms with Gasteiger partial charge in [-0.15, -0.1) is 0 Å². The first kappa shape index (κ1) is 16.4. The molecule has 1 N–H and O–H groups in total. The van der Waals surface area contributed by atoms with Crippen molar-refractivity contribution in [3.63, 3.8) is 0 Å². The first-order chi connectivity index (χ1) is 11.6. The Balaban J connectivity index is 1.91. The minimum Gasteiger partial charge on any atom is -0.495 e. The highest BCUT2D eigenvalue weighted by atomic mass is 19.1. The van der Waals surface area contributed by atoms with E-state index in [-0.39, 0.29) is 5.56 Å². The van der Waals surface area contributed by atoms with Gasteiger partial charge >= 0.3 is 0 Å². The number of benzene rings is 1. The van der Waals surface area contributed by atoms with Crippen LogP contribution in [0, 0.1) is 11.8 Å². The van der Waals surface area contributed by atoms with Gasteiger partial charge in [0.2, 0.25) is 5.95 Å². The summed E-state index contributed by atoms with van der Waals surface area (Å²) in [7, 11) is 1.52. The van der Waals surface area contributed by atoms with Crippen molar-refractivity contribution in [2.24, 2.45) is 0 Å². The van der Waals surface area contributed by atoms with Crippen LogP contribution in [0.5, 0.6) is 5.75 Å². The number of amides is 1. The zero-order valence-electron chi connectivity index (χ0n) is 13.4. The third kappa shape index (κ3) is 3.37. The molecule has 0 aliphatic heterocycles. The topological polar surface area (TPSA) is 51.2 Å². The number of nitrogens with one attached hydrogen (secondary N) is 1. The van der Waals surface area contributed by atoms with Gasteiger partial charge in [-0.3, -0.25) is 4.79 Å². The molecule has 1 aromatic carbocycles. The van der Waals surface area contributed by atoms with Crippen molar-refractivity contribution in [2.45, 2.75) is 32.1 Å². The second-order valence-corrected chi connectivity index (χ2v) is 5.82. The summed E-state index contributed by atoms with van der Waals surface area (Å²) in [4.78, 5) is 15.6. The summed E-state index contributed by atoms with van der Waals surface area (Å²) in [6, 6.07) is 4.39. The van der Waals surface area contributed by atoms with Gasteiger partial charge in [-0.1, -0.05) is 6.42 Å². The lowest BCUT2D eigenvalue weighted by atomic mass is 10.0. The Morgan fingerprint density at radius 3 is 2.50 bits per heavy atom. The minimum atomic E-state index is -0.966. The number of nitrogens with zero attached hydrogens (tertiary/aromatic N) is 1. The van der Waals surface area contributed by atoms with Crippen LogP contribution >= 0.6 is 0 Å². The highest BCUT2D eigenvalue weighted by molar-refractivity contribution is 6.05. The quantitative estimate of drug-likeness (QED) is 0.685. The maximum atomic E-state index is 13.7. The Bertz CT molecular complexity index is 778. The van der Waals surface area contributed by atoms with Crippen molar-refractivity contribution in [1.82, 2.24) is 4.98 Å². The second kappa shape index (κ2) is 6.95. The minimum absolute atomic E-state index is 0.312. The molecule has 126 valence electrons. The number of carbonyl (C=O) groups is 1. The molecule has 1 aliphatic rings. The number of aromatic nitrogens is 1. The number of halogens is 2. The summed E-state index contributed by atoms with van der Waals surface area (Å²) in [5, 5.41) is 2.64. The molecule has 6 heteroatoms. The van der Waals surface area contributed by atoms with Gasteiger partial charge < -0.3 is 10.1 Å². The first-order valence-electron chi connectivity index (χ1n) is 7.90. The molecule has 0 bridgehead atoms. The van der Waals surface area contributed by atoms with Crippen LogP contribution in [0.3, 0.4) is 0 Å². The largest absolute Gasteiger partial charge is 0.495 e. The zero-order valence-corrected chi connectivity index (χ0v) is 13.4. The van der Waals surface area contributed by atoms with Crippen molar-refractivity contribution in [1.29, 1.82) is 0 Å². The molecule has 1 amide bonds. The number of ether oxygens (including phenoxy) is 1. The van der Waals surface area contributed by atoms with Crippen molar-refractivity contribution in [3.05, 3.63) is 52.9 Å². The molecule has 0 saturated carbocycles. The molecule has 0 unspecified atom stereocenters. The van der Waals surface area contributed by atoms with Gasteiger partial charge in [0, 0.05) is 12.3 Å². The zero-order chi connectivity index (χ0) is 17.1. The summed E-state index contributed by atoms with van der Waals surface area (Å²) >= 11 is 0. The van der Waals surface area contributed by atoms with Gasteiger partial charge in [-0.2, -0.15) is 4.39 Å². The molecule has 0 atom stereocenters. The Kier molecular flexibility index (Phi) is 4.74. The molecule has 0 saturated heterocycles. The molecular weight excluding hydrogens is 314 g/mol. The van der Waals surface area contributed by atoms with Gasteiger partial charge in [0.1, 0.15) is 11.6 Å². The van der Waals surface area contributed by atoms with Gasteiger partial charge in [0.15, 0.2) is 0 Å². The number of anilines is 1. The third-order valence-corrected chi connectivity index (χ3v) is 4.23. The van der Waals surface area contributed by atoms with Crippen molar-refractivity contribution in [3.8, 4) is 5.75 Å². The van der Waals surface area contributed by atoms with Crippen LogP contribution in [-0.2, 0) is 12.8 Å². The molecule has 24 heavy (non-hydrogen) atoms. The molecule has 1 aromatic heterocycles. The van der Waals surface area contributed by atoms with Crippen LogP contribution < -0.4 is 10.1 Å². The van der Waals surface area contributed by atoms with E-state index in [1.807, 2.05) is 12.1 Å². The smallest absolute Gasteiger partial charge is 0.260 e. The van der Waals surface area contributed by atoms with E-state index in [0.29, 0.717) is 17.5 Å². The maximum Gasteiger partial charge on any atom is 0.260 e. The second-order valence-electron chi connectivity index (χ2n) is 5.82. The Hall–Kier alpha value is -2.50. The standard InChI is InChI=1S/C18H18F2N2O2/c1-24-16-8-12-6-4-2-3-5-11(12)7-15(16)22-18(23)13-10-21-17(20)9-14(13)19/h7-10H,2-6H2,1H3,(H,22,23). The Morgan fingerprint density at radius 1 is 1.12 bits per heavy atom. The van der Waals surface area contributed by atoms with Crippen molar-refractivity contribution < 1.29 is 18.3 Å². The molecule has 0 spiro atoms. The maximum absolute atomic E-state index is 13.7. The van der Waals surface area contributed by atoms with E-state index < -0.39 is 17.7 Å². The Labute approximate surface area is 138 Å². The molecule has 3 rings (SSSR count). The molecule has 1 heterocycles. The molecule has 1 aliphatic carbocycles. The van der Waals surface area contributed by atoms with Crippen LogP contribution in [0.2, 0.25) is 0 Å². The average Bonchev–Trinajstić information content (AvgIpc) is 2.78. The first-order valence-corrected chi connectivity index (χ1v) is 7.90. The average molecular weight is 332 g/mol. The van der Waals surface area contributed by atoms with Gasteiger partial charge in [0.05, 0.1) is 18.4 Å². The summed E-state index contributed by atoms with van der Waals surface area (Å²) in [5.41, 5.74) is 2.55. The van der Waals surface area contributed by atoms with Crippen LogP contribution in [0.15, 0.2) is 24.4 Å². The summed E-state index contributed by atoms with van der Waals surface area (Å²) in [5.74, 6) is -2.08. The summed E-state index contributed by atoms with van der Waals surface area (Å²) in [6.45, 7) is 0. The SMILES string of the molecule is COc1cc2c(cc1NC(=O)c1cnc(F)cc1F)CCCCC2. The predicted molar refractivity (Wildman–Crippen MR) is 86.4 cm³/mol. The number of fused-ring (bicyclic) bond motifs is 1. The van der Waals surface area contributed by atoms with Gasteiger partial charge in [-0.25, -0.2) is 9.37 Å². The molecule has 0 fully saturated rings. The van der Waals surface area contributed by atoms with Crippen LogP contribution in [-0.4, -0.2) is 18.0 Å². The van der Waals surface area contributed by atoms with Crippen LogP contribution in [0.1, 0.15) is 40.7 Å². The molecule has 4 nitrogen and oxygen atoms in total. The lowest BCUT2D eigenvalue weighted by Gasteiger charge is -2.15. The van der Waals surface area contributed by atoms with Crippen LogP contribution in [0.4, 0.5) is 14.5 Å². The van der Waals surface area contributed by atoms with Gasteiger partial charge in [0.25, 0.3) is 5.91 Å². The lowest BCUT2D eigenvalue weighted by molar-refractivity contribution is 0.102. The van der Waals surface area contributed by atoms with E-state index in [2.05, 4.69) is 10.3 Å². The van der Waals surface area contributed by atoms with Crippen molar-refractivity contribution >= 4 is 11.6 Å². The number of methoxy groups -OCH3 is 1. The number of hydrogen-bond acceptors (Lipinski definition) is 3. The fourth-order valence-electron chi connectivity index (χ4n) is 2.97. The lowest BCUT2D eigenvalue weighted by Crippen LogP contribution is -2.15. The third-order valence-electron chi connectivity index (χ3n) is 4.23. The number of hydrogen-bond donors (Lipinski definition) is 1. The predicted octanol–water partition coefficient (Wildman–Crippen LogP) is 3.89. The summed E-state index contributed by atoms with van der Waals surface area (Å²) < 4.78 is 32.0. The highest BCUT2D eigenvalue weighted by Crippen LogP contribution is 2.32. The number of pyridine rings is 1. The van der Waals surface area contributed by atoms with E-state index in [1.54, 1.807) is 0 Å². The number of carbonyl (C=O) groups excluding carboxylic acids is 1. The molecule has 0 radical (unpaired) electrons. The van der Waals surface area contributed by atoms with Crippen LogP contribution in [0.25, 0.3) is 0 Å². The Morgan fingerprint density at radius 2 is 1.83 bits per heavy atom. The van der Waals surface area contributed by atoms with E-state index in [1.165, 1.54) is 24.7 Å². The van der Waals surface area contributed by atoms with Crippen molar-refractivity contribution in [2.75, 3.05) is 12.4 Å². The monoisotopic (exact) mass is 332 g/mol. The normalized spacial score (nSPS) is 13.8. The summed E-state index contributed by atoms with van der Waals surface area (Å²) in [6.07, 6.45) is 6.21. The number of rotatable bonds is 3. The highest BCUT2D eigenvalue weighted by Gasteiger charge is 2.18.